The standard InChI is InChI=1S/C12H22N2O/c1-3-4-6-9(2)14-11-8-5-7-10(11)12(13)15/h3,9-11,14H,1,4-8H2,2H3,(H2,13,15). The second-order valence-corrected chi connectivity index (χ2v) is 4.48. The lowest BCUT2D eigenvalue weighted by atomic mass is 10.0. The van der Waals surface area contributed by atoms with Crippen molar-refractivity contribution in [3.8, 4) is 0 Å². The van der Waals surface area contributed by atoms with Gasteiger partial charge >= 0.3 is 0 Å². The molecule has 1 fully saturated rings. The third-order valence-electron chi connectivity index (χ3n) is 3.18. The molecule has 86 valence electrons. The maximum atomic E-state index is 11.2. The van der Waals surface area contributed by atoms with E-state index in [1.54, 1.807) is 0 Å². The monoisotopic (exact) mass is 210 g/mol. The van der Waals surface area contributed by atoms with Gasteiger partial charge < -0.3 is 11.1 Å². The topological polar surface area (TPSA) is 55.1 Å². The highest BCUT2D eigenvalue weighted by molar-refractivity contribution is 5.77. The highest BCUT2D eigenvalue weighted by Crippen LogP contribution is 2.25. The minimum Gasteiger partial charge on any atom is -0.369 e. The van der Waals surface area contributed by atoms with Crippen LogP contribution in [0, 0.1) is 5.92 Å². The van der Waals surface area contributed by atoms with Crippen LogP contribution >= 0.6 is 0 Å². The molecule has 1 saturated carbocycles. The number of carbonyl (C=O) groups is 1. The van der Waals surface area contributed by atoms with E-state index in [4.69, 9.17) is 5.73 Å². The van der Waals surface area contributed by atoms with Gasteiger partial charge in [0.05, 0.1) is 5.92 Å². The Kier molecular flexibility index (Phi) is 4.82. The lowest BCUT2D eigenvalue weighted by molar-refractivity contribution is -0.122. The van der Waals surface area contributed by atoms with E-state index in [0.29, 0.717) is 12.1 Å². The Balaban J connectivity index is 2.36. The van der Waals surface area contributed by atoms with Crippen molar-refractivity contribution in [3.63, 3.8) is 0 Å². The summed E-state index contributed by atoms with van der Waals surface area (Å²) in [5, 5.41) is 3.50. The Morgan fingerprint density at radius 3 is 3.00 bits per heavy atom. The van der Waals surface area contributed by atoms with Gasteiger partial charge in [0, 0.05) is 12.1 Å². The van der Waals surface area contributed by atoms with Gasteiger partial charge in [-0.2, -0.15) is 0 Å². The summed E-state index contributed by atoms with van der Waals surface area (Å²) in [4.78, 5) is 11.2. The molecule has 0 aromatic rings. The van der Waals surface area contributed by atoms with Crippen molar-refractivity contribution >= 4 is 5.91 Å². The van der Waals surface area contributed by atoms with Crippen LogP contribution < -0.4 is 11.1 Å². The molecule has 0 aliphatic heterocycles. The number of rotatable bonds is 6. The first-order valence-electron chi connectivity index (χ1n) is 5.81. The van der Waals surface area contributed by atoms with E-state index < -0.39 is 0 Å². The molecule has 0 heterocycles. The van der Waals surface area contributed by atoms with Crippen LogP contribution in [-0.2, 0) is 4.79 Å². The number of carbonyl (C=O) groups excluding carboxylic acids is 1. The molecule has 3 nitrogen and oxygen atoms in total. The average Bonchev–Trinajstić information content (AvgIpc) is 2.62. The zero-order valence-corrected chi connectivity index (χ0v) is 9.54. The normalized spacial score (nSPS) is 27.5. The van der Waals surface area contributed by atoms with E-state index in [-0.39, 0.29) is 11.8 Å². The molecule has 3 heteroatoms. The third kappa shape index (κ3) is 3.67. The lowest BCUT2D eigenvalue weighted by Crippen LogP contribution is -2.43. The molecule has 1 aliphatic rings. The molecular weight excluding hydrogens is 188 g/mol. The Morgan fingerprint density at radius 2 is 2.40 bits per heavy atom. The number of nitrogens with one attached hydrogen (secondary N) is 1. The maximum absolute atomic E-state index is 11.2. The molecule has 0 aromatic carbocycles. The van der Waals surface area contributed by atoms with Crippen molar-refractivity contribution in [3.05, 3.63) is 12.7 Å². The van der Waals surface area contributed by atoms with Crippen molar-refractivity contribution in [2.24, 2.45) is 11.7 Å². The highest BCUT2D eigenvalue weighted by atomic mass is 16.1. The summed E-state index contributed by atoms with van der Waals surface area (Å²) >= 11 is 0. The molecule has 0 bridgehead atoms. The molecule has 3 unspecified atom stereocenters. The molecule has 1 aliphatic carbocycles. The summed E-state index contributed by atoms with van der Waals surface area (Å²) < 4.78 is 0. The van der Waals surface area contributed by atoms with Gasteiger partial charge in [-0.3, -0.25) is 4.79 Å². The number of nitrogens with two attached hydrogens (primary N) is 1. The first-order chi connectivity index (χ1) is 7.15. The summed E-state index contributed by atoms with van der Waals surface area (Å²) in [6, 6.07) is 0.732. The van der Waals surface area contributed by atoms with E-state index in [0.717, 1.165) is 32.1 Å². The highest BCUT2D eigenvalue weighted by Gasteiger charge is 2.31. The molecule has 1 amide bonds. The van der Waals surface area contributed by atoms with E-state index in [1.807, 2.05) is 6.08 Å². The number of amides is 1. The van der Waals surface area contributed by atoms with Crippen LogP contribution in [0.4, 0.5) is 0 Å². The van der Waals surface area contributed by atoms with Crippen LogP contribution in [0.25, 0.3) is 0 Å². The fourth-order valence-corrected chi connectivity index (χ4v) is 2.32. The Morgan fingerprint density at radius 1 is 1.67 bits per heavy atom. The summed E-state index contributed by atoms with van der Waals surface area (Å²) in [5.41, 5.74) is 5.37. The van der Waals surface area contributed by atoms with Gasteiger partial charge in [0.15, 0.2) is 0 Å². The van der Waals surface area contributed by atoms with Crippen molar-refractivity contribution in [1.29, 1.82) is 0 Å². The van der Waals surface area contributed by atoms with Crippen LogP contribution in [-0.4, -0.2) is 18.0 Å². The predicted molar refractivity (Wildman–Crippen MR) is 62.4 cm³/mol. The van der Waals surface area contributed by atoms with Crippen molar-refractivity contribution in [2.45, 2.75) is 51.1 Å². The molecule has 3 atom stereocenters. The SMILES string of the molecule is C=CCCC(C)NC1CCCC1C(N)=O. The number of hydrogen-bond acceptors (Lipinski definition) is 2. The summed E-state index contributed by atoms with van der Waals surface area (Å²) in [6.07, 6.45) is 7.15. The molecule has 0 radical (unpaired) electrons. The van der Waals surface area contributed by atoms with E-state index >= 15 is 0 Å². The summed E-state index contributed by atoms with van der Waals surface area (Å²) in [7, 11) is 0. The van der Waals surface area contributed by atoms with Crippen LogP contribution in [0.5, 0.6) is 0 Å². The van der Waals surface area contributed by atoms with Gasteiger partial charge in [-0.05, 0) is 32.6 Å². The quantitative estimate of drug-likeness (QED) is 0.654. The number of primary amides is 1. The van der Waals surface area contributed by atoms with Gasteiger partial charge in [0.1, 0.15) is 0 Å². The molecule has 1 rings (SSSR count). The second kappa shape index (κ2) is 5.91. The summed E-state index contributed by atoms with van der Waals surface area (Å²) in [5.74, 6) is -0.114. The first kappa shape index (κ1) is 12.2. The van der Waals surface area contributed by atoms with Gasteiger partial charge in [-0.25, -0.2) is 0 Å². The van der Waals surface area contributed by atoms with E-state index in [9.17, 15) is 4.79 Å². The van der Waals surface area contributed by atoms with Gasteiger partial charge in [0.2, 0.25) is 5.91 Å². The van der Waals surface area contributed by atoms with Gasteiger partial charge in [0.25, 0.3) is 0 Å². The fourth-order valence-electron chi connectivity index (χ4n) is 2.32. The lowest BCUT2D eigenvalue weighted by Gasteiger charge is -2.23. The first-order valence-corrected chi connectivity index (χ1v) is 5.81. The molecule has 0 aromatic heterocycles. The Hall–Kier alpha value is -0.830. The minimum atomic E-state index is -0.152. The molecular formula is C12H22N2O. The zero-order chi connectivity index (χ0) is 11.3. The minimum absolute atomic E-state index is 0.0381. The molecule has 15 heavy (non-hydrogen) atoms. The fraction of sp³-hybridized carbons (Fsp3) is 0.750. The van der Waals surface area contributed by atoms with Crippen molar-refractivity contribution in [2.75, 3.05) is 0 Å². The number of allylic oxidation sites excluding steroid dienone is 1. The third-order valence-corrected chi connectivity index (χ3v) is 3.18. The number of hydrogen-bond donors (Lipinski definition) is 2. The van der Waals surface area contributed by atoms with Crippen LogP contribution in [0.1, 0.15) is 39.0 Å². The smallest absolute Gasteiger partial charge is 0.222 e. The van der Waals surface area contributed by atoms with E-state index in [2.05, 4.69) is 18.8 Å². The Labute approximate surface area is 92.1 Å². The van der Waals surface area contributed by atoms with Crippen molar-refractivity contribution in [1.82, 2.24) is 5.32 Å². The van der Waals surface area contributed by atoms with Crippen LogP contribution in [0.15, 0.2) is 12.7 Å². The molecule has 3 N–H and O–H groups in total. The average molecular weight is 210 g/mol. The summed E-state index contributed by atoms with van der Waals surface area (Å²) in [6.45, 7) is 5.86. The van der Waals surface area contributed by atoms with Crippen LogP contribution in [0.2, 0.25) is 0 Å². The van der Waals surface area contributed by atoms with Crippen molar-refractivity contribution < 1.29 is 4.79 Å². The largest absolute Gasteiger partial charge is 0.369 e. The zero-order valence-electron chi connectivity index (χ0n) is 9.54. The second-order valence-electron chi connectivity index (χ2n) is 4.48. The van der Waals surface area contributed by atoms with Gasteiger partial charge in [-0.15, -0.1) is 6.58 Å². The Bertz CT molecular complexity index is 228. The van der Waals surface area contributed by atoms with E-state index in [1.165, 1.54) is 0 Å². The maximum Gasteiger partial charge on any atom is 0.222 e. The molecule has 0 saturated heterocycles. The van der Waals surface area contributed by atoms with Gasteiger partial charge in [-0.1, -0.05) is 12.5 Å². The predicted octanol–water partition coefficient (Wildman–Crippen LogP) is 1.58. The van der Waals surface area contributed by atoms with Crippen LogP contribution in [0.3, 0.4) is 0 Å². The molecule has 0 spiro atoms.